The maximum Gasteiger partial charge on any atom is 0.119 e. The molecule has 1 aliphatic rings. The fraction of sp³-hybridized carbons (Fsp3) is 0.538. The summed E-state index contributed by atoms with van der Waals surface area (Å²) in [6.07, 6.45) is 2.04. The minimum absolute atomic E-state index is 0.179. The fourth-order valence-corrected chi connectivity index (χ4v) is 1.98. The molecule has 0 aromatic heterocycles. The molecule has 0 fully saturated rings. The number of aryl methyl sites for hydroxylation is 1. The second-order valence-electron chi connectivity index (χ2n) is 5.11. The Hall–Kier alpha value is -1.06. The van der Waals surface area contributed by atoms with Crippen molar-refractivity contribution in [2.45, 2.75) is 38.3 Å². The highest BCUT2D eigenvalue weighted by molar-refractivity contribution is 5.40. The van der Waals surface area contributed by atoms with Crippen LogP contribution in [0.2, 0.25) is 0 Å². The molecule has 1 aromatic rings. The average Bonchev–Trinajstić information content (AvgIpc) is 2.56. The van der Waals surface area contributed by atoms with E-state index >= 15 is 0 Å². The van der Waals surface area contributed by atoms with E-state index in [0.717, 1.165) is 18.6 Å². The number of nitrogens with two attached hydrogens (primary N) is 1. The summed E-state index contributed by atoms with van der Waals surface area (Å²) < 4.78 is 5.54. The van der Waals surface area contributed by atoms with Crippen LogP contribution in [0, 0.1) is 0 Å². The Morgan fingerprint density at radius 3 is 2.94 bits per heavy atom. The van der Waals surface area contributed by atoms with E-state index in [1.54, 1.807) is 13.8 Å². The highest BCUT2D eigenvalue weighted by atomic mass is 16.5. The van der Waals surface area contributed by atoms with Crippen LogP contribution in [0.25, 0.3) is 0 Å². The van der Waals surface area contributed by atoms with E-state index in [9.17, 15) is 5.11 Å². The van der Waals surface area contributed by atoms with Crippen LogP contribution in [-0.4, -0.2) is 17.3 Å². The lowest BCUT2D eigenvalue weighted by Gasteiger charge is -2.18. The largest absolute Gasteiger partial charge is 0.491 e. The molecule has 88 valence electrons. The number of benzene rings is 1. The Balaban J connectivity index is 2.08. The second kappa shape index (κ2) is 4.07. The number of hydrogen-bond donors (Lipinski definition) is 2. The van der Waals surface area contributed by atoms with Crippen LogP contribution in [0.1, 0.15) is 37.4 Å². The molecule has 3 N–H and O–H groups in total. The molecule has 0 saturated heterocycles. The first-order valence-corrected chi connectivity index (χ1v) is 5.69. The molecule has 1 aliphatic carbocycles. The third-order valence-electron chi connectivity index (χ3n) is 2.83. The molecule has 1 aromatic carbocycles. The summed E-state index contributed by atoms with van der Waals surface area (Å²) in [5.41, 5.74) is 7.67. The van der Waals surface area contributed by atoms with E-state index in [4.69, 9.17) is 10.5 Å². The molecule has 0 bridgehead atoms. The number of rotatable bonds is 3. The van der Waals surface area contributed by atoms with Crippen LogP contribution in [-0.2, 0) is 6.42 Å². The zero-order valence-electron chi connectivity index (χ0n) is 9.86. The van der Waals surface area contributed by atoms with Gasteiger partial charge in [-0.05, 0) is 49.9 Å². The van der Waals surface area contributed by atoms with E-state index in [0.29, 0.717) is 6.61 Å². The summed E-state index contributed by atoms with van der Waals surface area (Å²) in [6, 6.07) is 6.18. The van der Waals surface area contributed by atoms with E-state index in [2.05, 4.69) is 0 Å². The Labute approximate surface area is 96.2 Å². The molecule has 3 heteroatoms. The molecule has 2 rings (SSSR count). The Bertz CT molecular complexity index is 382. The van der Waals surface area contributed by atoms with Gasteiger partial charge in [-0.2, -0.15) is 0 Å². The first-order valence-electron chi connectivity index (χ1n) is 5.69. The Morgan fingerprint density at radius 1 is 1.50 bits per heavy atom. The zero-order chi connectivity index (χ0) is 11.8. The standard InChI is InChI=1S/C13H19NO2/c1-13(2,15)8-16-10-4-5-11-9(7-10)3-6-12(11)14/h4-5,7,12,15H,3,6,8,14H2,1-2H3. The third-order valence-corrected chi connectivity index (χ3v) is 2.83. The van der Waals surface area contributed by atoms with Gasteiger partial charge in [0.25, 0.3) is 0 Å². The number of hydrogen-bond acceptors (Lipinski definition) is 3. The molecule has 0 aliphatic heterocycles. The van der Waals surface area contributed by atoms with Crippen molar-refractivity contribution in [3.63, 3.8) is 0 Å². The lowest BCUT2D eigenvalue weighted by Crippen LogP contribution is -2.27. The molecule has 0 amide bonds. The van der Waals surface area contributed by atoms with E-state index in [-0.39, 0.29) is 6.04 Å². The molecule has 3 nitrogen and oxygen atoms in total. The quantitative estimate of drug-likeness (QED) is 0.818. The molecule has 16 heavy (non-hydrogen) atoms. The van der Waals surface area contributed by atoms with Gasteiger partial charge in [0, 0.05) is 6.04 Å². The zero-order valence-corrected chi connectivity index (χ0v) is 9.86. The topological polar surface area (TPSA) is 55.5 Å². The SMILES string of the molecule is CC(C)(O)COc1ccc2c(c1)CCC2N. The molecular weight excluding hydrogens is 202 g/mol. The predicted octanol–water partition coefficient (Wildman–Crippen LogP) is 1.78. The molecule has 0 heterocycles. The molecule has 0 spiro atoms. The van der Waals surface area contributed by atoms with Gasteiger partial charge in [-0.15, -0.1) is 0 Å². The van der Waals surface area contributed by atoms with Crippen molar-refractivity contribution in [3.8, 4) is 5.75 Å². The lowest BCUT2D eigenvalue weighted by molar-refractivity contribution is 0.0284. The van der Waals surface area contributed by atoms with Crippen molar-refractivity contribution in [1.82, 2.24) is 0 Å². The monoisotopic (exact) mass is 221 g/mol. The van der Waals surface area contributed by atoms with Crippen molar-refractivity contribution in [3.05, 3.63) is 29.3 Å². The van der Waals surface area contributed by atoms with Gasteiger partial charge in [0.15, 0.2) is 0 Å². The van der Waals surface area contributed by atoms with Crippen molar-refractivity contribution in [2.24, 2.45) is 5.73 Å². The van der Waals surface area contributed by atoms with Crippen LogP contribution >= 0.6 is 0 Å². The average molecular weight is 221 g/mol. The maximum absolute atomic E-state index is 9.57. The summed E-state index contributed by atoms with van der Waals surface area (Å²) in [4.78, 5) is 0. The van der Waals surface area contributed by atoms with Gasteiger partial charge in [-0.1, -0.05) is 6.07 Å². The van der Waals surface area contributed by atoms with Crippen LogP contribution in [0.5, 0.6) is 5.75 Å². The minimum atomic E-state index is -0.796. The van der Waals surface area contributed by atoms with E-state index < -0.39 is 5.60 Å². The molecule has 1 unspecified atom stereocenters. The number of fused-ring (bicyclic) bond motifs is 1. The highest BCUT2D eigenvalue weighted by Gasteiger charge is 2.20. The van der Waals surface area contributed by atoms with Crippen LogP contribution < -0.4 is 10.5 Å². The van der Waals surface area contributed by atoms with Gasteiger partial charge in [0.2, 0.25) is 0 Å². The summed E-state index contributed by atoms with van der Waals surface area (Å²) in [6.45, 7) is 3.77. The third kappa shape index (κ3) is 2.54. The van der Waals surface area contributed by atoms with Gasteiger partial charge in [-0.3, -0.25) is 0 Å². The van der Waals surface area contributed by atoms with Gasteiger partial charge >= 0.3 is 0 Å². The van der Waals surface area contributed by atoms with E-state index in [1.165, 1.54) is 11.1 Å². The molecular formula is C13H19NO2. The van der Waals surface area contributed by atoms with Gasteiger partial charge in [-0.25, -0.2) is 0 Å². The summed E-state index contributed by atoms with van der Waals surface area (Å²) in [5.74, 6) is 0.815. The maximum atomic E-state index is 9.57. The van der Waals surface area contributed by atoms with Gasteiger partial charge in [0.1, 0.15) is 12.4 Å². The first-order chi connectivity index (χ1) is 7.46. The van der Waals surface area contributed by atoms with Crippen LogP contribution in [0.15, 0.2) is 18.2 Å². The second-order valence-corrected chi connectivity index (χ2v) is 5.11. The minimum Gasteiger partial charge on any atom is -0.491 e. The fourth-order valence-electron chi connectivity index (χ4n) is 1.98. The van der Waals surface area contributed by atoms with Gasteiger partial charge < -0.3 is 15.6 Å². The predicted molar refractivity (Wildman–Crippen MR) is 63.5 cm³/mol. The number of aliphatic hydroxyl groups is 1. The first kappa shape index (κ1) is 11.4. The Kier molecular flexibility index (Phi) is 2.91. The normalized spacial score (nSPS) is 19.6. The summed E-state index contributed by atoms with van der Waals surface area (Å²) in [7, 11) is 0. The van der Waals surface area contributed by atoms with Crippen molar-refractivity contribution in [1.29, 1.82) is 0 Å². The smallest absolute Gasteiger partial charge is 0.119 e. The van der Waals surface area contributed by atoms with Crippen molar-refractivity contribution in [2.75, 3.05) is 6.61 Å². The molecule has 1 atom stereocenters. The lowest BCUT2D eigenvalue weighted by atomic mass is 10.1. The number of ether oxygens (including phenoxy) is 1. The van der Waals surface area contributed by atoms with Crippen LogP contribution in [0.3, 0.4) is 0 Å². The molecule has 0 radical (unpaired) electrons. The Morgan fingerprint density at radius 2 is 2.25 bits per heavy atom. The van der Waals surface area contributed by atoms with Crippen LogP contribution in [0.4, 0.5) is 0 Å². The molecule has 0 saturated carbocycles. The van der Waals surface area contributed by atoms with Gasteiger partial charge in [0.05, 0.1) is 5.60 Å². The van der Waals surface area contributed by atoms with E-state index in [1.807, 2.05) is 18.2 Å². The summed E-state index contributed by atoms with van der Waals surface area (Å²) >= 11 is 0. The summed E-state index contributed by atoms with van der Waals surface area (Å²) in [5, 5.41) is 9.57. The highest BCUT2D eigenvalue weighted by Crippen LogP contribution is 2.31. The van der Waals surface area contributed by atoms with Crippen molar-refractivity contribution < 1.29 is 9.84 Å². The van der Waals surface area contributed by atoms with Crippen molar-refractivity contribution >= 4 is 0 Å².